The molecule has 0 fully saturated rings. The van der Waals surface area contributed by atoms with E-state index in [0.29, 0.717) is 11.3 Å². The lowest BCUT2D eigenvalue weighted by atomic mass is 10.0. The van der Waals surface area contributed by atoms with Gasteiger partial charge < -0.3 is 15.4 Å². The Bertz CT molecular complexity index is 584. The SMILES string of the molecule is C=C(C)CN1C(=O)COc2ccc(C(N)C(F)(F)F)cc21. The molecule has 0 bridgehead atoms. The molecular formula is C14H15F3N2O2. The number of ether oxygens (including phenoxy) is 1. The van der Waals surface area contributed by atoms with Crippen LogP contribution < -0.4 is 15.4 Å². The van der Waals surface area contributed by atoms with E-state index >= 15 is 0 Å². The molecule has 1 amide bonds. The number of hydrogen-bond acceptors (Lipinski definition) is 3. The highest BCUT2D eigenvalue weighted by atomic mass is 19.4. The lowest BCUT2D eigenvalue weighted by Crippen LogP contribution is -2.40. The maximum atomic E-state index is 12.7. The van der Waals surface area contributed by atoms with Crippen molar-refractivity contribution in [3.05, 3.63) is 35.9 Å². The Morgan fingerprint density at radius 2 is 2.19 bits per heavy atom. The average Bonchev–Trinajstić information content (AvgIpc) is 2.39. The molecule has 2 rings (SSSR count). The maximum absolute atomic E-state index is 12.7. The minimum absolute atomic E-state index is 0.119. The third-order valence-corrected chi connectivity index (χ3v) is 3.07. The number of carbonyl (C=O) groups is 1. The van der Waals surface area contributed by atoms with Crippen LogP contribution in [-0.2, 0) is 4.79 Å². The van der Waals surface area contributed by atoms with Crippen molar-refractivity contribution in [1.82, 2.24) is 0 Å². The molecule has 1 aromatic carbocycles. The van der Waals surface area contributed by atoms with Crippen LogP contribution in [-0.4, -0.2) is 25.2 Å². The van der Waals surface area contributed by atoms with Crippen LogP contribution in [0.15, 0.2) is 30.4 Å². The van der Waals surface area contributed by atoms with E-state index in [9.17, 15) is 18.0 Å². The summed E-state index contributed by atoms with van der Waals surface area (Å²) in [7, 11) is 0. The van der Waals surface area contributed by atoms with Crippen molar-refractivity contribution in [3.8, 4) is 5.75 Å². The van der Waals surface area contributed by atoms with Crippen molar-refractivity contribution < 1.29 is 22.7 Å². The first-order valence-electron chi connectivity index (χ1n) is 6.24. The predicted molar refractivity (Wildman–Crippen MR) is 72.1 cm³/mol. The molecule has 1 unspecified atom stereocenters. The molecule has 0 spiro atoms. The number of rotatable bonds is 3. The fourth-order valence-corrected chi connectivity index (χ4v) is 2.04. The van der Waals surface area contributed by atoms with E-state index in [1.54, 1.807) is 6.92 Å². The summed E-state index contributed by atoms with van der Waals surface area (Å²) in [5.41, 5.74) is 6.07. The summed E-state index contributed by atoms with van der Waals surface area (Å²) in [4.78, 5) is 13.2. The Morgan fingerprint density at radius 1 is 1.52 bits per heavy atom. The molecular weight excluding hydrogens is 285 g/mol. The van der Waals surface area contributed by atoms with Crippen LogP contribution in [0.5, 0.6) is 5.75 Å². The van der Waals surface area contributed by atoms with E-state index in [4.69, 9.17) is 10.5 Å². The molecule has 7 heteroatoms. The van der Waals surface area contributed by atoms with Crippen molar-refractivity contribution >= 4 is 11.6 Å². The van der Waals surface area contributed by atoms with Gasteiger partial charge in [0.2, 0.25) is 0 Å². The van der Waals surface area contributed by atoms with E-state index in [1.165, 1.54) is 23.1 Å². The molecule has 114 valence electrons. The number of alkyl halides is 3. The van der Waals surface area contributed by atoms with Crippen LogP contribution in [0.2, 0.25) is 0 Å². The maximum Gasteiger partial charge on any atom is 0.407 e. The van der Waals surface area contributed by atoms with Crippen LogP contribution in [0.25, 0.3) is 0 Å². The zero-order valence-corrected chi connectivity index (χ0v) is 11.4. The molecule has 4 nitrogen and oxygen atoms in total. The molecule has 0 saturated heterocycles. The van der Waals surface area contributed by atoms with Crippen molar-refractivity contribution in [1.29, 1.82) is 0 Å². The van der Waals surface area contributed by atoms with Gasteiger partial charge in [0.05, 0.1) is 5.69 Å². The van der Waals surface area contributed by atoms with E-state index in [2.05, 4.69) is 6.58 Å². The fraction of sp³-hybridized carbons (Fsp3) is 0.357. The highest BCUT2D eigenvalue weighted by Crippen LogP contribution is 2.38. The van der Waals surface area contributed by atoms with Gasteiger partial charge in [0.1, 0.15) is 11.8 Å². The van der Waals surface area contributed by atoms with Gasteiger partial charge >= 0.3 is 6.18 Å². The van der Waals surface area contributed by atoms with E-state index < -0.39 is 12.2 Å². The van der Waals surface area contributed by atoms with E-state index in [1.807, 2.05) is 0 Å². The number of nitrogens with zero attached hydrogens (tertiary/aromatic N) is 1. The predicted octanol–water partition coefficient (Wildman–Crippen LogP) is 2.55. The van der Waals surface area contributed by atoms with Crippen LogP contribution in [0.4, 0.5) is 18.9 Å². The number of halogens is 3. The van der Waals surface area contributed by atoms with E-state index in [0.717, 1.165) is 0 Å². The molecule has 1 heterocycles. The van der Waals surface area contributed by atoms with Crippen LogP contribution in [0.1, 0.15) is 18.5 Å². The first kappa shape index (κ1) is 15.4. The molecule has 1 atom stereocenters. The van der Waals surface area contributed by atoms with Crippen LogP contribution in [0.3, 0.4) is 0 Å². The second-order valence-electron chi connectivity index (χ2n) is 4.97. The molecule has 2 N–H and O–H groups in total. The Hall–Kier alpha value is -2.02. The number of carbonyl (C=O) groups excluding carboxylic acids is 1. The highest BCUT2D eigenvalue weighted by Gasteiger charge is 2.38. The minimum Gasteiger partial charge on any atom is -0.482 e. The van der Waals surface area contributed by atoms with Gasteiger partial charge in [0.25, 0.3) is 5.91 Å². The molecule has 21 heavy (non-hydrogen) atoms. The zero-order chi connectivity index (χ0) is 15.8. The van der Waals surface area contributed by atoms with Gasteiger partial charge in [-0.05, 0) is 24.6 Å². The smallest absolute Gasteiger partial charge is 0.407 e. The Morgan fingerprint density at radius 3 is 2.76 bits per heavy atom. The first-order chi connectivity index (χ1) is 9.70. The number of hydrogen-bond donors (Lipinski definition) is 1. The topological polar surface area (TPSA) is 55.6 Å². The quantitative estimate of drug-likeness (QED) is 0.873. The second-order valence-corrected chi connectivity index (χ2v) is 4.97. The molecule has 1 aromatic rings. The first-order valence-corrected chi connectivity index (χ1v) is 6.24. The van der Waals surface area contributed by atoms with Gasteiger partial charge in [-0.1, -0.05) is 18.2 Å². The lowest BCUT2D eigenvalue weighted by Gasteiger charge is -2.30. The summed E-state index contributed by atoms with van der Waals surface area (Å²) in [6.07, 6.45) is -4.55. The van der Waals surface area contributed by atoms with Crippen molar-refractivity contribution in [2.75, 3.05) is 18.1 Å². The molecule has 0 aliphatic carbocycles. The average molecular weight is 300 g/mol. The third-order valence-electron chi connectivity index (χ3n) is 3.07. The Balaban J connectivity index is 2.43. The fourth-order valence-electron chi connectivity index (χ4n) is 2.04. The van der Waals surface area contributed by atoms with Crippen LogP contribution >= 0.6 is 0 Å². The van der Waals surface area contributed by atoms with Gasteiger partial charge in [0.15, 0.2) is 6.61 Å². The normalized spacial score (nSPS) is 16.2. The summed E-state index contributed by atoms with van der Waals surface area (Å²) < 4.78 is 43.3. The van der Waals surface area contributed by atoms with Crippen LogP contribution in [0, 0.1) is 0 Å². The lowest BCUT2D eigenvalue weighted by molar-refractivity contribution is -0.149. The molecule has 0 radical (unpaired) electrons. The Labute approximate surface area is 120 Å². The van der Waals surface area contributed by atoms with Gasteiger partial charge in [-0.15, -0.1) is 0 Å². The minimum atomic E-state index is -4.55. The number of benzene rings is 1. The van der Waals surface area contributed by atoms with Crippen molar-refractivity contribution in [2.45, 2.75) is 19.1 Å². The molecule has 0 aromatic heterocycles. The third kappa shape index (κ3) is 3.18. The molecule has 1 aliphatic heterocycles. The second kappa shape index (κ2) is 5.40. The molecule has 0 saturated carbocycles. The summed E-state index contributed by atoms with van der Waals surface area (Å²) in [5, 5.41) is 0. The summed E-state index contributed by atoms with van der Waals surface area (Å²) in [5.74, 6) is 0.0252. The summed E-state index contributed by atoms with van der Waals surface area (Å²) in [6.45, 7) is 5.52. The van der Waals surface area contributed by atoms with Gasteiger partial charge in [0, 0.05) is 6.54 Å². The Kier molecular flexibility index (Phi) is 3.95. The highest BCUT2D eigenvalue weighted by molar-refractivity contribution is 5.98. The zero-order valence-electron chi connectivity index (χ0n) is 11.4. The number of nitrogens with two attached hydrogens (primary N) is 1. The largest absolute Gasteiger partial charge is 0.482 e. The van der Waals surface area contributed by atoms with Crippen molar-refractivity contribution in [3.63, 3.8) is 0 Å². The van der Waals surface area contributed by atoms with E-state index in [-0.39, 0.29) is 30.3 Å². The van der Waals surface area contributed by atoms with Gasteiger partial charge in [-0.3, -0.25) is 4.79 Å². The van der Waals surface area contributed by atoms with Crippen molar-refractivity contribution in [2.24, 2.45) is 5.73 Å². The summed E-state index contributed by atoms with van der Waals surface area (Å²) in [6, 6.07) is 1.79. The monoisotopic (exact) mass is 300 g/mol. The van der Waals surface area contributed by atoms with Gasteiger partial charge in [-0.25, -0.2) is 0 Å². The van der Waals surface area contributed by atoms with Gasteiger partial charge in [-0.2, -0.15) is 13.2 Å². The summed E-state index contributed by atoms with van der Waals surface area (Å²) >= 11 is 0. The standard InChI is InChI=1S/C14H15F3N2O2/c1-8(2)6-19-10-5-9(13(18)14(15,16)17)3-4-11(10)21-7-12(19)20/h3-5,13H,1,6-7,18H2,2H3. The molecule has 1 aliphatic rings. The number of anilines is 1. The number of fused-ring (bicyclic) bond motifs is 1. The number of amides is 1.